The van der Waals surface area contributed by atoms with Crippen LogP contribution in [0.2, 0.25) is 0 Å². The maximum atomic E-state index is 14.0. The van der Waals surface area contributed by atoms with Crippen LogP contribution in [0.3, 0.4) is 0 Å². The van der Waals surface area contributed by atoms with Crippen LogP contribution >= 0.6 is 23.1 Å². The summed E-state index contributed by atoms with van der Waals surface area (Å²) in [5, 5.41) is 22.1. The van der Waals surface area contributed by atoms with Gasteiger partial charge in [-0.1, -0.05) is 43.2 Å². The normalized spacial score (nSPS) is 16.2. The van der Waals surface area contributed by atoms with Crippen LogP contribution in [0.15, 0.2) is 40.9 Å². The lowest BCUT2D eigenvalue weighted by Gasteiger charge is -2.25. The van der Waals surface area contributed by atoms with Gasteiger partial charge in [-0.2, -0.15) is 0 Å². The molecular formula is C21H23F2N3OS2. The molecule has 1 saturated carbocycles. The molecule has 2 aromatic heterocycles. The van der Waals surface area contributed by atoms with Gasteiger partial charge in [0.2, 0.25) is 0 Å². The van der Waals surface area contributed by atoms with Crippen LogP contribution in [0, 0.1) is 11.6 Å². The molecule has 4 nitrogen and oxygen atoms in total. The second kappa shape index (κ2) is 9.36. The van der Waals surface area contributed by atoms with E-state index in [2.05, 4.69) is 26.2 Å². The Hall–Kier alpha value is -1.77. The molecule has 1 N–H and O–H groups in total. The molecular weight excluding hydrogens is 412 g/mol. The van der Waals surface area contributed by atoms with Gasteiger partial charge in [-0.25, -0.2) is 8.78 Å². The lowest BCUT2D eigenvalue weighted by atomic mass is 9.95. The minimum atomic E-state index is -1.04. The summed E-state index contributed by atoms with van der Waals surface area (Å²) in [4.78, 5) is 1.24. The molecule has 0 spiro atoms. The van der Waals surface area contributed by atoms with Gasteiger partial charge in [0.15, 0.2) is 5.16 Å². The minimum absolute atomic E-state index is 0.0986. The summed E-state index contributed by atoms with van der Waals surface area (Å²) in [6, 6.07) is 7.74. The third kappa shape index (κ3) is 4.87. The third-order valence-corrected chi connectivity index (χ3v) is 7.17. The van der Waals surface area contributed by atoms with Gasteiger partial charge < -0.3 is 9.67 Å². The average Bonchev–Trinajstić information content (AvgIpc) is 3.37. The lowest BCUT2D eigenvalue weighted by Crippen LogP contribution is -2.17. The van der Waals surface area contributed by atoms with E-state index in [1.54, 1.807) is 11.3 Å². The van der Waals surface area contributed by atoms with Crippen LogP contribution in [-0.4, -0.2) is 25.6 Å². The molecule has 0 saturated heterocycles. The number of rotatable bonds is 7. The van der Waals surface area contributed by atoms with Crippen molar-refractivity contribution in [2.75, 3.05) is 5.75 Å². The van der Waals surface area contributed by atoms with E-state index in [9.17, 15) is 13.9 Å². The first-order chi connectivity index (χ1) is 14.1. The molecule has 3 aromatic rings. The highest BCUT2D eigenvalue weighted by Crippen LogP contribution is 2.34. The van der Waals surface area contributed by atoms with E-state index in [0.29, 0.717) is 6.04 Å². The molecule has 2 heterocycles. The molecule has 0 amide bonds. The summed E-state index contributed by atoms with van der Waals surface area (Å²) >= 11 is 3.07. The van der Waals surface area contributed by atoms with Gasteiger partial charge in [-0.05, 0) is 30.4 Å². The molecule has 1 aliphatic rings. The van der Waals surface area contributed by atoms with Crippen LogP contribution in [0.1, 0.15) is 60.5 Å². The number of thiophene rings is 1. The Morgan fingerprint density at radius 3 is 2.72 bits per heavy atom. The van der Waals surface area contributed by atoms with Crippen LogP contribution in [0.25, 0.3) is 0 Å². The first-order valence-electron chi connectivity index (χ1n) is 9.84. The lowest BCUT2D eigenvalue weighted by molar-refractivity contribution is 0.198. The number of nitrogens with zero attached hydrogens (tertiary/aromatic N) is 3. The van der Waals surface area contributed by atoms with Crippen LogP contribution in [0.5, 0.6) is 0 Å². The molecule has 1 fully saturated rings. The molecule has 4 rings (SSSR count). The molecule has 1 aliphatic carbocycles. The van der Waals surface area contributed by atoms with Crippen LogP contribution in [-0.2, 0) is 6.42 Å². The second-order valence-corrected chi connectivity index (χ2v) is 9.33. The van der Waals surface area contributed by atoms with E-state index < -0.39 is 17.7 Å². The smallest absolute Gasteiger partial charge is 0.191 e. The molecule has 0 radical (unpaired) electrons. The number of hydrogen-bond acceptors (Lipinski definition) is 5. The Morgan fingerprint density at radius 2 is 2.00 bits per heavy atom. The van der Waals surface area contributed by atoms with Crippen molar-refractivity contribution in [1.82, 2.24) is 14.8 Å². The number of aliphatic hydroxyl groups is 1. The van der Waals surface area contributed by atoms with Crippen molar-refractivity contribution in [3.8, 4) is 0 Å². The monoisotopic (exact) mass is 435 g/mol. The van der Waals surface area contributed by atoms with Gasteiger partial charge in [-0.15, -0.1) is 21.5 Å². The van der Waals surface area contributed by atoms with E-state index >= 15 is 0 Å². The Labute approximate surface area is 177 Å². The van der Waals surface area contributed by atoms with Crippen LogP contribution in [0.4, 0.5) is 8.78 Å². The second-order valence-electron chi connectivity index (χ2n) is 7.31. The van der Waals surface area contributed by atoms with E-state index in [-0.39, 0.29) is 11.3 Å². The van der Waals surface area contributed by atoms with Gasteiger partial charge in [-0.3, -0.25) is 0 Å². The number of halogens is 2. The van der Waals surface area contributed by atoms with Crippen molar-refractivity contribution >= 4 is 23.1 Å². The first kappa shape index (κ1) is 20.5. The summed E-state index contributed by atoms with van der Waals surface area (Å²) in [7, 11) is 0. The fourth-order valence-electron chi connectivity index (χ4n) is 3.82. The van der Waals surface area contributed by atoms with E-state index in [0.717, 1.165) is 42.4 Å². The molecule has 0 bridgehead atoms. The molecule has 0 aliphatic heterocycles. The maximum absolute atomic E-state index is 14.0. The van der Waals surface area contributed by atoms with Crippen molar-refractivity contribution < 1.29 is 13.9 Å². The van der Waals surface area contributed by atoms with Gasteiger partial charge in [0.05, 0.1) is 6.10 Å². The molecule has 154 valence electrons. The van der Waals surface area contributed by atoms with E-state index in [1.165, 1.54) is 42.0 Å². The summed E-state index contributed by atoms with van der Waals surface area (Å²) in [5.74, 6) is -0.220. The Morgan fingerprint density at radius 1 is 1.17 bits per heavy atom. The Bertz CT molecular complexity index is 940. The topological polar surface area (TPSA) is 50.9 Å². The van der Waals surface area contributed by atoms with Gasteiger partial charge >= 0.3 is 0 Å². The molecule has 1 aromatic carbocycles. The molecule has 8 heteroatoms. The van der Waals surface area contributed by atoms with Gasteiger partial charge in [0.25, 0.3) is 0 Å². The third-order valence-electron chi connectivity index (χ3n) is 5.28. The van der Waals surface area contributed by atoms with Crippen LogP contribution < -0.4 is 0 Å². The molecule has 1 unspecified atom stereocenters. The van der Waals surface area contributed by atoms with E-state index in [4.69, 9.17) is 0 Å². The van der Waals surface area contributed by atoms with Gasteiger partial charge in [0.1, 0.15) is 17.5 Å². The number of aliphatic hydroxyl groups excluding tert-OH is 1. The maximum Gasteiger partial charge on any atom is 0.191 e. The highest BCUT2D eigenvalue weighted by molar-refractivity contribution is 7.99. The Balaban J connectivity index is 1.53. The number of aromatic nitrogens is 3. The number of hydrogen-bond donors (Lipinski definition) is 1. The summed E-state index contributed by atoms with van der Waals surface area (Å²) in [5.41, 5.74) is 0.0986. The quantitative estimate of drug-likeness (QED) is 0.495. The van der Waals surface area contributed by atoms with Crippen molar-refractivity contribution in [2.45, 2.75) is 55.8 Å². The molecule has 29 heavy (non-hydrogen) atoms. The Kier molecular flexibility index (Phi) is 6.62. The van der Waals surface area contributed by atoms with Gasteiger partial charge in [0, 0.05) is 34.7 Å². The number of thioether (sulfide) groups is 1. The summed E-state index contributed by atoms with van der Waals surface area (Å²) < 4.78 is 29.3. The predicted molar refractivity (Wildman–Crippen MR) is 111 cm³/mol. The molecule has 1 atom stereocenters. The van der Waals surface area contributed by atoms with E-state index in [1.807, 2.05) is 6.07 Å². The summed E-state index contributed by atoms with van der Waals surface area (Å²) in [6.45, 7) is 0. The fourth-order valence-corrected chi connectivity index (χ4v) is 5.50. The van der Waals surface area contributed by atoms with Crippen molar-refractivity contribution in [3.05, 3.63) is 63.6 Å². The zero-order chi connectivity index (χ0) is 20.2. The first-order valence-corrected chi connectivity index (χ1v) is 11.7. The highest BCUT2D eigenvalue weighted by Gasteiger charge is 2.24. The standard InChI is InChI=1S/C21H23F2N3OS2/c22-14-8-9-17(18(23)11-14)19(27)13-29-21-25-24-20(12-16-7-4-10-28-16)26(21)15-5-2-1-3-6-15/h4,7-11,15,19,27H,1-3,5-6,12-13H2. The minimum Gasteiger partial charge on any atom is -0.387 e. The largest absolute Gasteiger partial charge is 0.387 e. The summed E-state index contributed by atoms with van der Waals surface area (Å²) in [6.07, 6.45) is 5.51. The zero-order valence-electron chi connectivity index (χ0n) is 15.9. The highest BCUT2D eigenvalue weighted by atomic mass is 32.2. The van der Waals surface area contributed by atoms with Crippen molar-refractivity contribution in [3.63, 3.8) is 0 Å². The number of benzene rings is 1. The van der Waals surface area contributed by atoms with Crippen molar-refractivity contribution in [2.24, 2.45) is 0 Å². The predicted octanol–water partition coefficient (Wildman–Crippen LogP) is 5.54. The van der Waals surface area contributed by atoms with Crippen molar-refractivity contribution in [1.29, 1.82) is 0 Å². The fraction of sp³-hybridized carbons (Fsp3) is 0.429. The zero-order valence-corrected chi connectivity index (χ0v) is 17.6. The SMILES string of the molecule is OC(CSc1nnc(Cc2cccs2)n1C1CCCCC1)c1ccc(F)cc1F. The average molecular weight is 436 g/mol.